The number of methoxy groups -OCH3 is 1. The summed E-state index contributed by atoms with van der Waals surface area (Å²) in [6.45, 7) is 2.33. The number of aromatic nitrogens is 2. The van der Waals surface area contributed by atoms with Crippen LogP contribution < -0.4 is 10.9 Å². The summed E-state index contributed by atoms with van der Waals surface area (Å²) in [6.07, 6.45) is 0. The van der Waals surface area contributed by atoms with Gasteiger partial charge >= 0.3 is 0 Å². The number of amides is 1. The SMILES string of the molecule is COCC(C)NC(=O)CSc1nc2sccc2c(=O)n1-c1ccccc1. The standard InChI is InChI=1S/C18H19N3O3S2/c1-12(10-24-2)19-15(22)11-26-18-20-16-14(8-9-25-16)17(23)21(18)13-6-4-3-5-7-13/h3-9,12H,10-11H2,1-2H3,(H,19,22). The summed E-state index contributed by atoms with van der Waals surface area (Å²) in [7, 11) is 1.59. The topological polar surface area (TPSA) is 73.2 Å². The lowest BCUT2D eigenvalue weighted by Gasteiger charge is -2.14. The Labute approximate surface area is 159 Å². The highest BCUT2D eigenvalue weighted by Gasteiger charge is 2.16. The molecule has 0 fully saturated rings. The number of nitrogens with zero attached hydrogens (tertiary/aromatic N) is 2. The number of nitrogens with one attached hydrogen (secondary N) is 1. The summed E-state index contributed by atoms with van der Waals surface area (Å²) < 4.78 is 6.58. The van der Waals surface area contributed by atoms with Crippen LogP contribution in [0.2, 0.25) is 0 Å². The van der Waals surface area contributed by atoms with Crippen LogP contribution in [0.4, 0.5) is 0 Å². The quantitative estimate of drug-likeness (QED) is 0.497. The van der Waals surface area contributed by atoms with E-state index in [-0.39, 0.29) is 23.3 Å². The van der Waals surface area contributed by atoms with Crippen LogP contribution in [0.5, 0.6) is 0 Å². The number of carbonyl (C=O) groups excluding carboxylic acids is 1. The number of thioether (sulfide) groups is 1. The van der Waals surface area contributed by atoms with E-state index in [0.717, 1.165) is 5.69 Å². The van der Waals surface area contributed by atoms with Gasteiger partial charge < -0.3 is 10.1 Å². The van der Waals surface area contributed by atoms with Crippen LogP contribution in [0.15, 0.2) is 51.7 Å². The summed E-state index contributed by atoms with van der Waals surface area (Å²) in [5.41, 5.74) is 0.604. The Balaban J connectivity index is 1.90. The van der Waals surface area contributed by atoms with Crippen molar-refractivity contribution in [1.29, 1.82) is 0 Å². The van der Waals surface area contributed by atoms with Crippen LogP contribution in [0.25, 0.3) is 15.9 Å². The molecule has 1 aromatic carbocycles. The van der Waals surface area contributed by atoms with E-state index in [0.29, 0.717) is 22.0 Å². The lowest BCUT2D eigenvalue weighted by molar-refractivity contribution is -0.119. The second-order valence-electron chi connectivity index (χ2n) is 5.72. The first-order valence-electron chi connectivity index (χ1n) is 8.07. The molecule has 1 atom stereocenters. The Kier molecular flexibility index (Phi) is 6.08. The van der Waals surface area contributed by atoms with Gasteiger partial charge in [0, 0.05) is 13.2 Å². The Hall–Kier alpha value is -2.16. The predicted octanol–water partition coefficient (Wildman–Crippen LogP) is 2.69. The molecule has 0 spiro atoms. The fraction of sp³-hybridized carbons (Fsp3) is 0.278. The first-order valence-corrected chi connectivity index (χ1v) is 9.93. The molecule has 0 aliphatic heterocycles. The van der Waals surface area contributed by atoms with Crippen LogP contribution in [0.3, 0.4) is 0 Å². The molecule has 1 unspecified atom stereocenters. The molecule has 26 heavy (non-hydrogen) atoms. The molecular weight excluding hydrogens is 370 g/mol. The predicted molar refractivity (Wildman–Crippen MR) is 105 cm³/mol. The van der Waals surface area contributed by atoms with Crippen molar-refractivity contribution in [3.05, 3.63) is 52.1 Å². The largest absolute Gasteiger partial charge is 0.383 e. The number of rotatable bonds is 7. The third kappa shape index (κ3) is 4.14. The van der Waals surface area contributed by atoms with E-state index in [4.69, 9.17) is 4.74 Å². The van der Waals surface area contributed by atoms with Crippen molar-refractivity contribution in [2.24, 2.45) is 0 Å². The van der Waals surface area contributed by atoms with Gasteiger partial charge in [0.25, 0.3) is 5.56 Å². The van der Waals surface area contributed by atoms with Gasteiger partial charge in [-0.25, -0.2) is 4.98 Å². The minimum absolute atomic E-state index is 0.0721. The Morgan fingerprint density at radius 2 is 2.12 bits per heavy atom. The van der Waals surface area contributed by atoms with E-state index in [1.165, 1.54) is 23.1 Å². The maximum atomic E-state index is 12.9. The van der Waals surface area contributed by atoms with Gasteiger partial charge in [0.05, 0.1) is 23.4 Å². The third-order valence-electron chi connectivity index (χ3n) is 3.64. The number of fused-ring (bicyclic) bond motifs is 1. The van der Waals surface area contributed by atoms with Crippen molar-refractivity contribution in [2.45, 2.75) is 18.1 Å². The molecule has 6 nitrogen and oxygen atoms in total. The maximum Gasteiger partial charge on any atom is 0.267 e. The van der Waals surface area contributed by atoms with E-state index >= 15 is 0 Å². The van der Waals surface area contributed by atoms with Crippen LogP contribution in [-0.2, 0) is 9.53 Å². The summed E-state index contributed by atoms with van der Waals surface area (Å²) in [5, 5.41) is 5.80. The molecule has 1 amide bonds. The fourth-order valence-electron chi connectivity index (χ4n) is 2.53. The normalized spacial score (nSPS) is 12.2. The third-order valence-corrected chi connectivity index (χ3v) is 5.38. The van der Waals surface area contributed by atoms with E-state index in [1.807, 2.05) is 42.6 Å². The van der Waals surface area contributed by atoms with E-state index in [2.05, 4.69) is 10.3 Å². The van der Waals surface area contributed by atoms with Crippen LogP contribution in [-0.4, -0.2) is 41.0 Å². The second kappa shape index (κ2) is 8.48. The van der Waals surface area contributed by atoms with E-state index in [9.17, 15) is 9.59 Å². The number of hydrogen-bond donors (Lipinski definition) is 1. The van der Waals surface area contributed by atoms with Gasteiger partial charge in [-0.2, -0.15) is 0 Å². The molecule has 0 radical (unpaired) electrons. The molecule has 2 heterocycles. The van der Waals surface area contributed by atoms with Gasteiger partial charge in [-0.05, 0) is 30.5 Å². The van der Waals surface area contributed by atoms with Crippen LogP contribution in [0, 0.1) is 0 Å². The van der Waals surface area contributed by atoms with Crippen molar-refractivity contribution >= 4 is 39.2 Å². The molecule has 8 heteroatoms. The van der Waals surface area contributed by atoms with Crippen LogP contribution >= 0.6 is 23.1 Å². The average molecular weight is 390 g/mol. The number of hydrogen-bond acceptors (Lipinski definition) is 6. The van der Waals surface area contributed by atoms with Gasteiger partial charge in [0.1, 0.15) is 4.83 Å². The zero-order valence-corrected chi connectivity index (χ0v) is 16.1. The Morgan fingerprint density at radius 3 is 2.85 bits per heavy atom. The molecule has 0 aliphatic rings. The van der Waals surface area contributed by atoms with Crippen LogP contribution in [0.1, 0.15) is 6.92 Å². The number of para-hydroxylation sites is 1. The Morgan fingerprint density at radius 1 is 1.35 bits per heavy atom. The second-order valence-corrected chi connectivity index (χ2v) is 7.56. The molecule has 3 aromatic rings. The minimum Gasteiger partial charge on any atom is -0.383 e. The van der Waals surface area contributed by atoms with Gasteiger partial charge in [0.2, 0.25) is 5.91 Å². The highest BCUT2D eigenvalue weighted by atomic mass is 32.2. The zero-order chi connectivity index (χ0) is 18.5. The summed E-state index contributed by atoms with van der Waals surface area (Å²) >= 11 is 2.66. The fourth-order valence-corrected chi connectivity index (χ4v) is 4.16. The maximum absolute atomic E-state index is 12.9. The lowest BCUT2D eigenvalue weighted by atomic mass is 10.3. The van der Waals surface area contributed by atoms with Gasteiger partial charge in [-0.15, -0.1) is 11.3 Å². The number of ether oxygens (including phenoxy) is 1. The van der Waals surface area contributed by atoms with E-state index < -0.39 is 0 Å². The van der Waals surface area contributed by atoms with Crippen molar-refractivity contribution in [3.63, 3.8) is 0 Å². The lowest BCUT2D eigenvalue weighted by Crippen LogP contribution is -2.36. The van der Waals surface area contributed by atoms with Crippen molar-refractivity contribution in [2.75, 3.05) is 19.5 Å². The zero-order valence-electron chi connectivity index (χ0n) is 14.5. The number of carbonyl (C=O) groups is 1. The molecular formula is C18H19N3O3S2. The number of benzene rings is 1. The minimum atomic E-state index is -0.127. The molecule has 2 aromatic heterocycles. The summed E-state index contributed by atoms with van der Waals surface area (Å²) in [4.78, 5) is 30.3. The monoisotopic (exact) mass is 389 g/mol. The van der Waals surface area contributed by atoms with Gasteiger partial charge in [0.15, 0.2) is 5.16 Å². The molecule has 0 bridgehead atoms. The van der Waals surface area contributed by atoms with Gasteiger partial charge in [-0.3, -0.25) is 14.2 Å². The van der Waals surface area contributed by atoms with Crippen molar-refractivity contribution < 1.29 is 9.53 Å². The highest BCUT2D eigenvalue weighted by Crippen LogP contribution is 2.23. The Bertz CT molecular complexity index is 953. The van der Waals surface area contributed by atoms with Gasteiger partial charge in [-0.1, -0.05) is 30.0 Å². The summed E-state index contributed by atoms with van der Waals surface area (Å²) in [5.74, 6) is 0.0456. The first kappa shape index (κ1) is 18.6. The molecule has 1 N–H and O–H groups in total. The summed E-state index contributed by atoms with van der Waals surface area (Å²) in [6, 6.07) is 11.0. The van der Waals surface area contributed by atoms with Crippen molar-refractivity contribution in [1.82, 2.24) is 14.9 Å². The molecule has 0 saturated carbocycles. The first-order chi connectivity index (χ1) is 12.6. The average Bonchev–Trinajstić information content (AvgIpc) is 3.10. The molecule has 136 valence electrons. The molecule has 0 saturated heterocycles. The number of thiophene rings is 1. The van der Waals surface area contributed by atoms with E-state index in [1.54, 1.807) is 17.7 Å². The molecule has 3 rings (SSSR count). The highest BCUT2D eigenvalue weighted by molar-refractivity contribution is 7.99. The van der Waals surface area contributed by atoms with Crippen molar-refractivity contribution in [3.8, 4) is 5.69 Å². The smallest absolute Gasteiger partial charge is 0.267 e. The molecule has 0 aliphatic carbocycles.